The van der Waals surface area contributed by atoms with Gasteiger partial charge in [-0.3, -0.25) is 0 Å². The molecule has 0 fully saturated rings. The number of rotatable bonds is 4. The zero-order chi connectivity index (χ0) is 17.8. The summed E-state index contributed by atoms with van der Waals surface area (Å²) in [5, 5.41) is 12.8. The van der Waals surface area contributed by atoms with Crippen molar-refractivity contribution in [2.45, 2.75) is 19.0 Å². The summed E-state index contributed by atoms with van der Waals surface area (Å²) in [6.45, 7) is 1.03. The Hall–Kier alpha value is -2.53. The highest BCUT2D eigenvalue weighted by Gasteiger charge is 2.29. The number of anilines is 1. The Balaban J connectivity index is 1.65. The van der Waals surface area contributed by atoms with Crippen LogP contribution in [0.15, 0.2) is 48.5 Å². The van der Waals surface area contributed by atoms with E-state index in [9.17, 15) is 9.90 Å². The van der Waals surface area contributed by atoms with Gasteiger partial charge in [0.2, 0.25) is 0 Å². The fraction of sp³-hybridized carbons (Fsp3) is 0.350. The Morgan fingerprint density at radius 1 is 1.20 bits per heavy atom. The topological polar surface area (TPSA) is 55.8 Å². The molecule has 1 unspecified atom stereocenters. The maximum atomic E-state index is 12.6. The Morgan fingerprint density at radius 3 is 2.60 bits per heavy atom. The van der Waals surface area contributed by atoms with Gasteiger partial charge in [0.05, 0.1) is 12.6 Å². The van der Waals surface area contributed by atoms with Crippen LogP contribution >= 0.6 is 0 Å². The maximum absolute atomic E-state index is 12.6. The molecule has 0 aliphatic carbocycles. The number of hydrogen-bond donors (Lipinski definition) is 2. The highest BCUT2D eigenvalue weighted by molar-refractivity contribution is 5.75. The van der Waals surface area contributed by atoms with Crippen molar-refractivity contribution in [3.05, 3.63) is 65.2 Å². The van der Waals surface area contributed by atoms with Crippen LogP contribution in [-0.4, -0.2) is 43.3 Å². The first kappa shape index (κ1) is 17.3. The van der Waals surface area contributed by atoms with E-state index in [0.29, 0.717) is 13.1 Å². The van der Waals surface area contributed by atoms with Gasteiger partial charge in [-0.1, -0.05) is 36.4 Å². The van der Waals surface area contributed by atoms with Gasteiger partial charge in [0, 0.05) is 32.9 Å². The van der Waals surface area contributed by atoms with Gasteiger partial charge in [0.15, 0.2) is 0 Å². The fourth-order valence-electron chi connectivity index (χ4n) is 3.28. The first-order valence-electron chi connectivity index (χ1n) is 8.59. The van der Waals surface area contributed by atoms with Gasteiger partial charge in [-0.15, -0.1) is 0 Å². The van der Waals surface area contributed by atoms with E-state index in [1.807, 2.05) is 61.5 Å². The summed E-state index contributed by atoms with van der Waals surface area (Å²) in [7, 11) is 4.00. The molecule has 0 saturated carbocycles. The number of urea groups is 1. The van der Waals surface area contributed by atoms with Gasteiger partial charge >= 0.3 is 6.03 Å². The minimum atomic E-state index is -0.277. The van der Waals surface area contributed by atoms with Crippen LogP contribution in [0, 0.1) is 0 Å². The van der Waals surface area contributed by atoms with Crippen LogP contribution in [-0.2, 0) is 13.0 Å². The number of nitrogens with one attached hydrogen (secondary N) is 1. The van der Waals surface area contributed by atoms with Crippen molar-refractivity contribution in [3.63, 3.8) is 0 Å². The lowest BCUT2D eigenvalue weighted by molar-refractivity contribution is 0.126. The minimum absolute atomic E-state index is 0.0675. The molecule has 0 aromatic heterocycles. The summed E-state index contributed by atoms with van der Waals surface area (Å²) >= 11 is 0. The molecule has 0 bridgehead atoms. The number of fused-ring (bicyclic) bond motifs is 1. The van der Waals surface area contributed by atoms with Crippen LogP contribution in [0.5, 0.6) is 0 Å². The maximum Gasteiger partial charge on any atom is 0.318 e. The van der Waals surface area contributed by atoms with Crippen molar-refractivity contribution < 1.29 is 9.90 Å². The van der Waals surface area contributed by atoms with Crippen molar-refractivity contribution in [3.8, 4) is 0 Å². The third kappa shape index (κ3) is 3.77. The Kier molecular flexibility index (Phi) is 5.24. The Bertz CT molecular complexity index is 728. The fourth-order valence-corrected chi connectivity index (χ4v) is 3.28. The van der Waals surface area contributed by atoms with Gasteiger partial charge in [0.25, 0.3) is 0 Å². The molecule has 1 atom stereocenters. The first-order valence-corrected chi connectivity index (χ1v) is 8.59. The predicted octanol–water partition coefficient (Wildman–Crippen LogP) is 2.55. The molecule has 1 heterocycles. The molecule has 2 amide bonds. The summed E-state index contributed by atoms with van der Waals surface area (Å²) in [4.78, 5) is 16.4. The normalized spacial score (nSPS) is 16.3. The molecule has 0 spiro atoms. The quantitative estimate of drug-likeness (QED) is 0.900. The van der Waals surface area contributed by atoms with E-state index in [4.69, 9.17) is 0 Å². The molecular formula is C20H25N3O2. The van der Waals surface area contributed by atoms with Crippen molar-refractivity contribution in [2.24, 2.45) is 0 Å². The van der Waals surface area contributed by atoms with Crippen LogP contribution in [0.25, 0.3) is 0 Å². The van der Waals surface area contributed by atoms with Crippen LogP contribution in [0.2, 0.25) is 0 Å². The summed E-state index contributed by atoms with van der Waals surface area (Å²) < 4.78 is 0. The molecule has 5 heteroatoms. The van der Waals surface area contributed by atoms with E-state index in [2.05, 4.69) is 11.4 Å². The number of nitrogens with zero attached hydrogens (tertiary/aromatic N) is 2. The number of carbonyl (C=O) groups is 1. The van der Waals surface area contributed by atoms with E-state index in [1.165, 1.54) is 5.56 Å². The molecule has 132 valence electrons. The molecule has 2 N–H and O–H groups in total. The Labute approximate surface area is 148 Å². The highest BCUT2D eigenvalue weighted by atomic mass is 16.3. The minimum Gasteiger partial charge on any atom is -0.394 e. The zero-order valence-corrected chi connectivity index (χ0v) is 14.8. The third-order valence-electron chi connectivity index (χ3n) is 4.74. The number of amides is 2. The van der Waals surface area contributed by atoms with Gasteiger partial charge in [-0.2, -0.15) is 0 Å². The number of aliphatic hydroxyl groups is 1. The molecule has 0 saturated heterocycles. The average molecular weight is 339 g/mol. The lowest BCUT2D eigenvalue weighted by Crippen LogP contribution is -2.46. The number of carbonyl (C=O) groups excluding carboxylic acids is 1. The molecule has 25 heavy (non-hydrogen) atoms. The van der Waals surface area contributed by atoms with E-state index in [1.54, 1.807) is 4.90 Å². The lowest BCUT2D eigenvalue weighted by atomic mass is 9.93. The molecule has 1 aliphatic rings. The average Bonchev–Trinajstić information content (AvgIpc) is 2.65. The zero-order valence-electron chi connectivity index (χ0n) is 14.8. The van der Waals surface area contributed by atoms with E-state index in [0.717, 1.165) is 23.2 Å². The monoisotopic (exact) mass is 339 g/mol. The number of hydrogen-bond acceptors (Lipinski definition) is 3. The van der Waals surface area contributed by atoms with Crippen LogP contribution in [0.4, 0.5) is 10.5 Å². The Morgan fingerprint density at radius 2 is 1.92 bits per heavy atom. The lowest BCUT2D eigenvalue weighted by Gasteiger charge is -2.36. The van der Waals surface area contributed by atoms with Gasteiger partial charge in [-0.05, 0) is 35.2 Å². The second-order valence-electron chi connectivity index (χ2n) is 6.56. The first-order chi connectivity index (χ1) is 12.1. The van der Waals surface area contributed by atoms with E-state index < -0.39 is 0 Å². The molecule has 2 aromatic rings. The highest BCUT2D eigenvalue weighted by Crippen LogP contribution is 2.29. The number of aliphatic hydroxyl groups excluding tert-OH is 1. The molecule has 0 radical (unpaired) electrons. The molecule has 3 rings (SSSR count). The summed E-state index contributed by atoms with van der Waals surface area (Å²) in [6, 6.07) is 15.7. The van der Waals surface area contributed by atoms with Crippen LogP contribution in [0.1, 0.15) is 22.7 Å². The van der Waals surface area contributed by atoms with Gasteiger partial charge in [0.1, 0.15) is 0 Å². The van der Waals surface area contributed by atoms with Crippen molar-refractivity contribution in [1.29, 1.82) is 0 Å². The van der Waals surface area contributed by atoms with E-state index in [-0.39, 0.29) is 18.7 Å². The molecular weight excluding hydrogens is 314 g/mol. The predicted molar refractivity (Wildman–Crippen MR) is 99.7 cm³/mol. The standard InChI is InChI=1S/C20H25N3O2/c1-22(2)17-9-7-15(8-10-17)13-21-20(25)23-12-11-16-5-3-4-6-18(16)19(23)14-24/h3-10,19,24H,11-14H2,1-2H3,(H,21,25). The molecule has 2 aromatic carbocycles. The van der Waals surface area contributed by atoms with Crippen molar-refractivity contribution in [1.82, 2.24) is 10.2 Å². The number of benzene rings is 2. The second kappa shape index (κ2) is 7.57. The summed E-state index contributed by atoms with van der Waals surface area (Å²) in [5.74, 6) is 0. The smallest absolute Gasteiger partial charge is 0.318 e. The van der Waals surface area contributed by atoms with Crippen molar-refractivity contribution in [2.75, 3.05) is 32.1 Å². The van der Waals surface area contributed by atoms with Crippen LogP contribution < -0.4 is 10.2 Å². The van der Waals surface area contributed by atoms with E-state index >= 15 is 0 Å². The molecule has 1 aliphatic heterocycles. The van der Waals surface area contributed by atoms with Crippen LogP contribution in [0.3, 0.4) is 0 Å². The SMILES string of the molecule is CN(C)c1ccc(CNC(=O)N2CCc3ccccc3C2CO)cc1. The third-order valence-corrected chi connectivity index (χ3v) is 4.74. The van der Waals surface area contributed by atoms with Gasteiger partial charge in [-0.25, -0.2) is 4.79 Å². The second-order valence-corrected chi connectivity index (χ2v) is 6.56. The summed E-state index contributed by atoms with van der Waals surface area (Å²) in [5.41, 5.74) is 4.44. The van der Waals surface area contributed by atoms with Gasteiger partial charge < -0.3 is 20.2 Å². The largest absolute Gasteiger partial charge is 0.394 e. The summed E-state index contributed by atoms with van der Waals surface area (Å²) in [6.07, 6.45) is 0.817. The molecule has 5 nitrogen and oxygen atoms in total. The van der Waals surface area contributed by atoms with Crippen molar-refractivity contribution >= 4 is 11.7 Å².